The molecule has 2 rings (SSSR count). The van der Waals surface area contributed by atoms with Gasteiger partial charge in [0.2, 0.25) is 11.6 Å². The molecule has 1 atom stereocenters. The van der Waals surface area contributed by atoms with Crippen molar-refractivity contribution in [3.63, 3.8) is 0 Å². The van der Waals surface area contributed by atoms with E-state index in [0.29, 0.717) is 24.2 Å². The smallest absolute Gasteiger partial charge is 0.358 e. The van der Waals surface area contributed by atoms with Crippen LogP contribution in [0.15, 0.2) is 0 Å². The number of anilines is 1. The van der Waals surface area contributed by atoms with Crippen molar-refractivity contribution < 1.29 is 4.92 Å². The van der Waals surface area contributed by atoms with Crippen molar-refractivity contribution in [3.05, 3.63) is 15.9 Å². The van der Waals surface area contributed by atoms with Gasteiger partial charge in [0.15, 0.2) is 0 Å². The first-order valence-electron chi connectivity index (χ1n) is 7.29. The fourth-order valence-electron chi connectivity index (χ4n) is 2.93. The molecule has 0 aromatic carbocycles. The van der Waals surface area contributed by atoms with E-state index in [1.807, 2.05) is 18.4 Å². The van der Waals surface area contributed by atoms with E-state index in [2.05, 4.69) is 22.1 Å². The molecule has 0 bridgehead atoms. The lowest BCUT2D eigenvalue weighted by molar-refractivity contribution is -0.388. The summed E-state index contributed by atoms with van der Waals surface area (Å²) in [6.07, 6.45) is 1.98. The summed E-state index contributed by atoms with van der Waals surface area (Å²) in [7, 11) is 0. The lowest BCUT2D eigenvalue weighted by Gasteiger charge is -2.29. The summed E-state index contributed by atoms with van der Waals surface area (Å²) in [6, 6.07) is 0.315. The zero-order valence-electron chi connectivity index (χ0n) is 12.4. The summed E-state index contributed by atoms with van der Waals surface area (Å²) in [5, 5.41) is 14.6. The van der Waals surface area contributed by atoms with Crippen LogP contribution < -0.4 is 10.2 Å². The van der Waals surface area contributed by atoms with Gasteiger partial charge in [0.25, 0.3) is 0 Å². The largest absolute Gasteiger partial charge is 0.406 e. The number of nitrogens with one attached hydrogen (secondary N) is 1. The van der Waals surface area contributed by atoms with E-state index in [1.165, 1.54) is 0 Å². The standard InChI is InChI=1S/C13H23N5O2/c1-4-8-17(11-6-7-14-9-11)13-12(18(19)20)15-10(3)16(13)5-2/h11,14H,4-9H2,1-3H3. The van der Waals surface area contributed by atoms with Gasteiger partial charge in [0, 0.05) is 32.6 Å². The molecule has 7 heteroatoms. The second-order valence-electron chi connectivity index (χ2n) is 5.15. The first-order valence-corrected chi connectivity index (χ1v) is 7.29. The predicted molar refractivity (Wildman–Crippen MR) is 78.2 cm³/mol. The van der Waals surface area contributed by atoms with E-state index in [0.717, 1.165) is 32.5 Å². The molecule has 1 saturated heterocycles. The van der Waals surface area contributed by atoms with Crippen LogP contribution >= 0.6 is 0 Å². The number of hydrogen-bond acceptors (Lipinski definition) is 5. The highest BCUT2D eigenvalue weighted by Gasteiger charge is 2.33. The Hall–Kier alpha value is -1.63. The van der Waals surface area contributed by atoms with Gasteiger partial charge in [-0.3, -0.25) is 4.57 Å². The third-order valence-electron chi connectivity index (χ3n) is 3.81. The van der Waals surface area contributed by atoms with Crippen molar-refractivity contribution in [2.45, 2.75) is 46.2 Å². The average molecular weight is 281 g/mol. The molecule has 0 amide bonds. The molecule has 1 fully saturated rings. The molecule has 1 N–H and O–H groups in total. The van der Waals surface area contributed by atoms with Crippen LogP contribution in [-0.2, 0) is 6.54 Å². The Labute approximate surface area is 119 Å². The number of nitrogens with zero attached hydrogens (tertiary/aromatic N) is 4. The summed E-state index contributed by atoms with van der Waals surface area (Å²) in [5.41, 5.74) is 0. The number of rotatable bonds is 6. The maximum Gasteiger partial charge on any atom is 0.406 e. The molecule has 20 heavy (non-hydrogen) atoms. The minimum absolute atomic E-state index is 0.00954. The third-order valence-corrected chi connectivity index (χ3v) is 3.81. The van der Waals surface area contributed by atoms with Gasteiger partial charge in [0.1, 0.15) is 0 Å². The van der Waals surface area contributed by atoms with Crippen LogP contribution in [0.4, 0.5) is 11.6 Å². The van der Waals surface area contributed by atoms with Gasteiger partial charge in [-0.2, -0.15) is 0 Å². The van der Waals surface area contributed by atoms with E-state index in [1.54, 1.807) is 0 Å². The monoisotopic (exact) mass is 281 g/mol. The van der Waals surface area contributed by atoms with E-state index < -0.39 is 0 Å². The van der Waals surface area contributed by atoms with Crippen LogP contribution in [0.1, 0.15) is 32.5 Å². The third kappa shape index (κ3) is 2.63. The van der Waals surface area contributed by atoms with Crippen LogP contribution in [-0.4, -0.2) is 40.2 Å². The van der Waals surface area contributed by atoms with E-state index in [9.17, 15) is 10.1 Å². The second-order valence-corrected chi connectivity index (χ2v) is 5.15. The summed E-state index contributed by atoms with van der Waals surface area (Å²) in [5.74, 6) is 1.37. The van der Waals surface area contributed by atoms with Crippen molar-refractivity contribution in [2.24, 2.45) is 0 Å². The number of aromatic nitrogens is 2. The second kappa shape index (κ2) is 6.21. The lowest BCUT2D eigenvalue weighted by Crippen LogP contribution is -2.39. The molecule has 0 aliphatic carbocycles. The molecule has 112 valence electrons. The number of nitro groups is 1. The molecule has 1 aliphatic rings. The van der Waals surface area contributed by atoms with Gasteiger partial charge >= 0.3 is 5.82 Å². The van der Waals surface area contributed by atoms with Gasteiger partial charge in [0.05, 0.1) is 0 Å². The van der Waals surface area contributed by atoms with Crippen molar-refractivity contribution in [1.29, 1.82) is 0 Å². The number of hydrogen-bond donors (Lipinski definition) is 1. The molecule has 1 aromatic rings. The van der Waals surface area contributed by atoms with E-state index in [4.69, 9.17) is 0 Å². The predicted octanol–water partition coefficient (Wildman–Crippen LogP) is 1.70. The molecular formula is C13H23N5O2. The van der Waals surface area contributed by atoms with Crippen LogP contribution in [0.25, 0.3) is 0 Å². The molecular weight excluding hydrogens is 258 g/mol. The van der Waals surface area contributed by atoms with Crippen molar-refractivity contribution >= 4 is 11.6 Å². The first-order chi connectivity index (χ1) is 9.60. The van der Waals surface area contributed by atoms with Crippen molar-refractivity contribution in [2.75, 3.05) is 24.5 Å². The highest BCUT2D eigenvalue weighted by molar-refractivity contribution is 5.57. The van der Waals surface area contributed by atoms with Crippen LogP contribution in [0.5, 0.6) is 0 Å². The maximum absolute atomic E-state index is 11.3. The van der Waals surface area contributed by atoms with Crippen LogP contribution in [0, 0.1) is 17.0 Å². The highest BCUT2D eigenvalue weighted by Crippen LogP contribution is 2.31. The fourth-order valence-corrected chi connectivity index (χ4v) is 2.93. The van der Waals surface area contributed by atoms with Gasteiger partial charge in [-0.15, -0.1) is 0 Å². The molecule has 2 heterocycles. The quantitative estimate of drug-likeness (QED) is 0.634. The Morgan fingerprint density at radius 1 is 1.55 bits per heavy atom. The minimum atomic E-state index is -0.362. The number of aryl methyl sites for hydroxylation is 1. The molecule has 0 radical (unpaired) electrons. The number of imidazole rings is 1. The Morgan fingerprint density at radius 2 is 2.30 bits per heavy atom. The summed E-state index contributed by atoms with van der Waals surface area (Å²) >= 11 is 0. The zero-order chi connectivity index (χ0) is 14.7. The topological polar surface area (TPSA) is 76.2 Å². The maximum atomic E-state index is 11.3. The van der Waals surface area contributed by atoms with Crippen molar-refractivity contribution in [1.82, 2.24) is 14.9 Å². The van der Waals surface area contributed by atoms with E-state index >= 15 is 0 Å². The minimum Gasteiger partial charge on any atom is -0.358 e. The lowest BCUT2D eigenvalue weighted by atomic mass is 10.2. The Morgan fingerprint density at radius 3 is 2.80 bits per heavy atom. The Balaban J connectivity index is 2.47. The van der Waals surface area contributed by atoms with Gasteiger partial charge < -0.3 is 20.3 Å². The van der Waals surface area contributed by atoms with Gasteiger partial charge in [-0.1, -0.05) is 6.92 Å². The van der Waals surface area contributed by atoms with Gasteiger partial charge in [-0.05, 0) is 36.2 Å². The summed E-state index contributed by atoms with van der Waals surface area (Å²) in [6.45, 7) is 9.29. The van der Waals surface area contributed by atoms with Crippen LogP contribution in [0.2, 0.25) is 0 Å². The fraction of sp³-hybridized carbons (Fsp3) is 0.769. The van der Waals surface area contributed by atoms with E-state index in [-0.39, 0.29) is 10.7 Å². The highest BCUT2D eigenvalue weighted by atomic mass is 16.6. The van der Waals surface area contributed by atoms with Gasteiger partial charge in [-0.25, -0.2) is 0 Å². The summed E-state index contributed by atoms with van der Waals surface area (Å²) in [4.78, 5) is 17.3. The Kier molecular flexibility index (Phi) is 4.59. The average Bonchev–Trinajstić information content (AvgIpc) is 3.03. The molecule has 0 spiro atoms. The molecule has 0 saturated carbocycles. The summed E-state index contributed by atoms with van der Waals surface area (Å²) < 4.78 is 1.95. The Bertz CT molecular complexity index is 479. The molecule has 7 nitrogen and oxygen atoms in total. The molecule has 1 aromatic heterocycles. The zero-order valence-corrected chi connectivity index (χ0v) is 12.4. The molecule has 1 aliphatic heterocycles. The normalized spacial score (nSPS) is 18.4. The SMILES string of the molecule is CCCN(c1c([N+](=O)[O-])nc(C)n1CC)C1CCNC1. The van der Waals surface area contributed by atoms with Crippen LogP contribution in [0.3, 0.4) is 0 Å². The molecule has 1 unspecified atom stereocenters. The van der Waals surface area contributed by atoms with Crippen molar-refractivity contribution in [3.8, 4) is 0 Å². The first kappa shape index (κ1) is 14.8.